The Bertz CT molecular complexity index is 930. The molecule has 0 bridgehead atoms. The second-order valence-corrected chi connectivity index (χ2v) is 8.88. The van der Waals surface area contributed by atoms with Crippen LogP contribution in [0.15, 0.2) is 9.59 Å². The number of nitrogen functional groups attached to an aromatic ring is 1. The third-order valence-electron chi connectivity index (χ3n) is 4.76. The number of nitrogens with two attached hydrogens (primary N) is 1. The van der Waals surface area contributed by atoms with Crippen LogP contribution in [-0.2, 0) is 21.4 Å². The first-order chi connectivity index (χ1) is 13.1. The first-order valence-corrected chi connectivity index (χ1v) is 11.0. The van der Waals surface area contributed by atoms with E-state index in [1.165, 1.54) is 13.8 Å². The van der Waals surface area contributed by atoms with Gasteiger partial charge in [0.2, 0.25) is 15.9 Å². The van der Waals surface area contributed by atoms with Crippen molar-refractivity contribution in [3.05, 3.63) is 20.8 Å². The molecule has 0 radical (unpaired) electrons. The van der Waals surface area contributed by atoms with E-state index in [1.807, 2.05) is 6.92 Å². The maximum atomic E-state index is 12.6. The Morgan fingerprint density at radius 3 is 2.36 bits per heavy atom. The van der Waals surface area contributed by atoms with Crippen LogP contribution in [-0.4, -0.2) is 79.1 Å². The van der Waals surface area contributed by atoms with Gasteiger partial charge in [-0.25, -0.2) is 13.2 Å². The highest BCUT2D eigenvalue weighted by atomic mass is 32.2. The fourth-order valence-electron chi connectivity index (χ4n) is 3.14. The van der Waals surface area contributed by atoms with Crippen LogP contribution in [0.2, 0.25) is 0 Å². The van der Waals surface area contributed by atoms with Gasteiger partial charge in [-0.05, 0) is 6.42 Å². The summed E-state index contributed by atoms with van der Waals surface area (Å²) in [4.78, 5) is 42.0. The Morgan fingerprint density at radius 1 is 1.21 bits per heavy atom. The lowest BCUT2D eigenvalue weighted by molar-refractivity contribution is -0.130. The third kappa shape index (κ3) is 4.93. The zero-order valence-electron chi connectivity index (χ0n) is 16.5. The summed E-state index contributed by atoms with van der Waals surface area (Å²) in [6, 6.07) is 0. The molecule has 1 saturated heterocycles. The smallest absolute Gasteiger partial charge is 0.330 e. The minimum Gasteiger partial charge on any atom is -0.383 e. The molecular formula is C16H28N6O5S. The predicted octanol–water partition coefficient (Wildman–Crippen LogP) is -1.54. The van der Waals surface area contributed by atoms with Gasteiger partial charge < -0.3 is 15.5 Å². The number of rotatable bonds is 7. The van der Waals surface area contributed by atoms with Gasteiger partial charge in [0.1, 0.15) is 11.5 Å². The van der Waals surface area contributed by atoms with E-state index in [-0.39, 0.29) is 50.1 Å². The summed E-state index contributed by atoms with van der Waals surface area (Å²) < 4.78 is 25.8. The van der Waals surface area contributed by atoms with Crippen LogP contribution in [0.25, 0.3) is 0 Å². The van der Waals surface area contributed by atoms with Crippen molar-refractivity contribution in [1.82, 2.24) is 18.8 Å². The van der Waals surface area contributed by atoms with Crippen LogP contribution in [0.5, 0.6) is 0 Å². The average Bonchev–Trinajstić information content (AvgIpc) is 2.60. The molecule has 0 aliphatic carbocycles. The monoisotopic (exact) mass is 416 g/mol. The molecule has 1 aliphatic rings. The minimum atomic E-state index is -3.28. The number of H-pyrrole nitrogens is 1. The van der Waals surface area contributed by atoms with Gasteiger partial charge in [-0.2, -0.15) is 4.31 Å². The SMILES string of the molecule is CCCCn1c(N)c(N(C)CC(=O)N2CCN(S(C)(=O)=O)CC2)c(=O)[nH]c1=O. The van der Waals surface area contributed by atoms with Gasteiger partial charge in [0.05, 0.1) is 12.8 Å². The molecule has 1 aromatic heterocycles. The maximum Gasteiger partial charge on any atom is 0.330 e. The first kappa shape index (κ1) is 22.0. The number of unbranched alkanes of at least 4 members (excludes halogenated alkanes) is 1. The van der Waals surface area contributed by atoms with E-state index < -0.39 is 21.3 Å². The lowest BCUT2D eigenvalue weighted by Crippen LogP contribution is -2.52. The van der Waals surface area contributed by atoms with E-state index in [2.05, 4.69) is 4.98 Å². The molecule has 0 unspecified atom stereocenters. The minimum absolute atomic E-state index is 0.0272. The van der Waals surface area contributed by atoms with E-state index in [1.54, 1.807) is 11.9 Å². The first-order valence-electron chi connectivity index (χ1n) is 9.12. The fraction of sp³-hybridized carbons (Fsp3) is 0.688. The molecule has 28 heavy (non-hydrogen) atoms. The highest BCUT2D eigenvalue weighted by Crippen LogP contribution is 2.16. The molecule has 1 aliphatic heterocycles. The average molecular weight is 417 g/mol. The number of sulfonamides is 1. The summed E-state index contributed by atoms with van der Waals surface area (Å²) in [7, 11) is -1.72. The molecule has 1 fully saturated rings. The molecule has 12 heteroatoms. The second kappa shape index (κ2) is 8.78. The molecule has 0 spiro atoms. The Balaban J connectivity index is 2.13. The molecule has 3 N–H and O–H groups in total. The molecule has 11 nitrogen and oxygen atoms in total. The van der Waals surface area contributed by atoms with Gasteiger partial charge in [0.25, 0.3) is 5.56 Å². The zero-order chi connectivity index (χ0) is 21.1. The van der Waals surface area contributed by atoms with Crippen molar-refractivity contribution in [3.63, 3.8) is 0 Å². The van der Waals surface area contributed by atoms with Gasteiger partial charge in [0.15, 0.2) is 0 Å². The lowest BCUT2D eigenvalue weighted by atomic mass is 10.3. The molecule has 0 saturated carbocycles. The van der Waals surface area contributed by atoms with Crippen molar-refractivity contribution < 1.29 is 13.2 Å². The summed E-state index contributed by atoms with van der Waals surface area (Å²) in [5, 5.41) is 0. The molecule has 1 aromatic rings. The number of carbonyl (C=O) groups is 1. The highest BCUT2D eigenvalue weighted by Gasteiger charge is 2.27. The quantitative estimate of drug-likeness (QED) is 0.548. The van der Waals surface area contributed by atoms with Crippen molar-refractivity contribution >= 4 is 27.4 Å². The van der Waals surface area contributed by atoms with Gasteiger partial charge in [-0.15, -0.1) is 0 Å². The fourth-order valence-corrected chi connectivity index (χ4v) is 3.96. The number of aromatic amines is 1. The Morgan fingerprint density at radius 2 is 1.82 bits per heavy atom. The Hall–Kier alpha value is -2.34. The van der Waals surface area contributed by atoms with Gasteiger partial charge >= 0.3 is 5.69 Å². The number of amides is 1. The lowest BCUT2D eigenvalue weighted by Gasteiger charge is -2.34. The standard InChI is InChI=1S/C16H28N6O5S/c1-4-5-6-22-14(17)13(15(24)18-16(22)25)19(2)11-12(23)20-7-9-21(10-8-20)28(3,26)27/h4-11,17H2,1-3H3,(H,18,24,25). The molecule has 158 valence electrons. The van der Waals surface area contributed by atoms with Gasteiger partial charge in [-0.3, -0.25) is 19.1 Å². The van der Waals surface area contributed by atoms with Crippen LogP contribution in [0, 0.1) is 0 Å². The van der Waals surface area contributed by atoms with Gasteiger partial charge in [0, 0.05) is 39.8 Å². The zero-order valence-corrected chi connectivity index (χ0v) is 17.3. The number of nitrogens with one attached hydrogen (secondary N) is 1. The number of hydrogen-bond acceptors (Lipinski definition) is 7. The molecule has 0 atom stereocenters. The molecule has 2 rings (SSSR count). The summed E-state index contributed by atoms with van der Waals surface area (Å²) in [6.07, 6.45) is 2.72. The number of carbonyl (C=O) groups excluding carboxylic acids is 1. The molecular weight excluding hydrogens is 388 g/mol. The highest BCUT2D eigenvalue weighted by molar-refractivity contribution is 7.88. The van der Waals surface area contributed by atoms with Crippen molar-refractivity contribution in [1.29, 1.82) is 0 Å². The van der Waals surface area contributed by atoms with Crippen LogP contribution in [0.3, 0.4) is 0 Å². The molecule has 0 aromatic carbocycles. The van der Waals surface area contributed by atoms with Crippen LogP contribution < -0.4 is 21.9 Å². The molecule has 2 heterocycles. The number of hydrogen-bond donors (Lipinski definition) is 2. The summed E-state index contributed by atoms with van der Waals surface area (Å²) in [5.41, 5.74) is 4.90. The predicted molar refractivity (Wildman–Crippen MR) is 107 cm³/mol. The van der Waals surface area contributed by atoms with E-state index in [4.69, 9.17) is 5.73 Å². The summed E-state index contributed by atoms with van der Waals surface area (Å²) in [5.74, 6) is -0.222. The van der Waals surface area contributed by atoms with Crippen molar-refractivity contribution in [2.24, 2.45) is 0 Å². The van der Waals surface area contributed by atoms with E-state index in [0.717, 1.165) is 19.1 Å². The third-order valence-corrected chi connectivity index (χ3v) is 6.07. The largest absolute Gasteiger partial charge is 0.383 e. The number of nitrogens with zero attached hydrogens (tertiary/aromatic N) is 4. The Labute approximate surface area is 163 Å². The Kier molecular flexibility index (Phi) is 6.88. The number of anilines is 2. The van der Waals surface area contributed by atoms with Crippen molar-refractivity contribution in [2.75, 3.05) is 56.7 Å². The normalized spacial score (nSPS) is 15.6. The van der Waals surface area contributed by atoms with Crippen molar-refractivity contribution in [2.45, 2.75) is 26.3 Å². The van der Waals surface area contributed by atoms with Crippen LogP contribution in [0.4, 0.5) is 11.5 Å². The van der Waals surface area contributed by atoms with E-state index >= 15 is 0 Å². The van der Waals surface area contributed by atoms with Gasteiger partial charge in [-0.1, -0.05) is 13.3 Å². The van der Waals surface area contributed by atoms with Crippen molar-refractivity contribution in [3.8, 4) is 0 Å². The van der Waals surface area contributed by atoms with E-state index in [9.17, 15) is 22.8 Å². The van der Waals surface area contributed by atoms with Crippen LogP contribution >= 0.6 is 0 Å². The maximum absolute atomic E-state index is 12.6. The van der Waals surface area contributed by atoms with Crippen LogP contribution in [0.1, 0.15) is 19.8 Å². The number of piperazine rings is 1. The number of aromatic nitrogens is 2. The second-order valence-electron chi connectivity index (χ2n) is 6.90. The topological polar surface area (TPSA) is 142 Å². The van der Waals surface area contributed by atoms with E-state index in [0.29, 0.717) is 6.54 Å². The molecule has 1 amide bonds. The summed E-state index contributed by atoms with van der Waals surface area (Å²) >= 11 is 0. The summed E-state index contributed by atoms with van der Waals surface area (Å²) in [6.45, 7) is 3.27. The number of likely N-dealkylation sites (N-methyl/N-ethyl adjacent to an activating group) is 1.